The average molecular weight is 221 g/mol. The van der Waals surface area contributed by atoms with Gasteiger partial charge in [-0.15, -0.1) is 0 Å². The third-order valence-electron chi connectivity index (χ3n) is 2.20. The maximum absolute atomic E-state index is 11.7. The Morgan fingerprint density at radius 3 is 2.31 bits per heavy atom. The molecule has 1 aromatic rings. The summed E-state index contributed by atoms with van der Waals surface area (Å²) < 4.78 is 0. The van der Waals surface area contributed by atoms with Gasteiger partial charge in [-0.2, -0.15) is 0 Å². The summed E-state index contributed by atoms with van der Waals surface area (Å²) in [6.45, 7) is 3.64. The van der Waals surface area contributed by atoms with Gasteiger partial charge in [-0.25, -0.2) is 0 Å². The summed E-state index contributed by atoms with van der Waals surface area (Å²) >= 11 is 0. The maximum Gasteiger partial charge on any atom is 0.252 e. The van der Waals surface area contributed by atoms with Crippen molar-refractivity contribution in [1.29, 1.82) is 0 Å². The molecule has 0 saturated carbocycles. The second kappa shape index (κ2) is 5.25. The fraction of sp³-hybridized carbons (Fsp3) is 0.364. The molecule has 1 aromatic heterocycles. The van der Waals surface area contributed by atoms with Crippen LogP contribution in [-0.2, 0) is 4.79 Å². The van der Waals surface area contributed by atoms with Gasteiger partial charge in [0, 0.05) is 18.0 Å². The average Bonchev–Trinajstić information content (AvgIpc) is 2.25. The molecule has 0 spiro atoms. The number of pyridine rings is 1. The summed E-state index contributed by atoms with van der Waals surface area (Å²) in [5, 5.41) is 2.59. The third-order valence-corrected chi connectivity index (χ3v) is 2.20. The van der Waals surface area contributed by atoms with E-state index in [4.69, 9.17) is 5.73 Å². The zero-order valence-electron chi connectivity index (χ0n) is 9.31. The van der Waals surface area contributed by atoms with Gasteiger partial charge in [-0.1, -0.05) is 13.8 Å². The molecular weight excluding hydrogens is 206 g/mol. The van der Waals surface area contributed by atoms with Gasteiger partial charge < -0.3 is 11.1 Å². The van der Waals surface area contributed by atoms with Crippen LogP contribution in [-0.4, -0.2) is 22.8 Å². The van der Waals surface area contributed by atoms with E-state index in [0.29, 0.717) is 5.56 Å². The predicted molar refractivity (Wildman–Crippen MR) is 59.5 cm³/mol. The Morgan fingerprint density at radius 1 is 1.31 bits per heavy atom. The predicted octanol–water partition coefficient (Wildman–Crippen LogP) is 0.321. The van der Waals surface area contributed by atoms with Crippen LogP contribution in [0.1, 0.15) is 24.2 Å². The highest BCUT2D eigenvalue weighted by Gasteiger charge is 2.21. The highest BCUT2D eigenvalue weighted by atomic mass is 16.2. The molecule has 1 heterocycles. The standard InChI is InChI=1S/C11H15N3O2/c1-7(2)9(10(12)15)14-11(16)8-3-5-13-6-4-8/h3-7,9H,1-2H3,(H2,12,15)(H,14,16). The van der Waals surface area contributed by atoms with Crippen LogP contribution in [0.3, 0.4) is 0 Å². The number of carbonyl (C=O) groups is 2. The minimum absolute atomic E-state index is 0.0386. The number of nitrogens with one attached hydrogen (secondary N) is 1. The van der Waals surface area contributed by atoms with Crippen molar-refractivity contribution in [2.24, 2.45) is 11.7 Å². The molecule has 16 heavy (non-hydrogen) atoms. The number of primary amides is 1. The van der Waals surface area contributed by atoms with Gasteiger partial charge >= 0.3 is 0 Å². The number of aromatic nitrogens is 1. The molecule has 0 bridgehead atoms. The molecule has 2 amide bonds. The molecular formula is C11H15N3O2. The highest BCUT2D eigenvalue weighted by molar-refractivity contribution is 5.97. The van der Waals surface area contributed by atoms with E-state index in [2.05, 4.69) is 10.3 Å². The second-order valence-corrected chi connectivity index (χ2v) is 3.83. The van der Waals surface area contributed by atoms with Gasteiger partial charge in [0.15, 0.2) is 0 Å². The molecule has 3 N–H and O–H groups in total. The lowest BCUT2D eigenvalue weighted by Crippen LogP contribution is -2.47. The molecule has 5 nitrogen and oxygen atoms in total. The molecule has 1 atom stereocenters. The number of nitrogens with two attached hydrogens (primary N) is 1. The van der Waals surface area contributed by atoms with E-state index in [9.17, 15) is 9.59 Å². The first kappa shape index (κ1) is 12.2. The van der Waals surface area contributed by atoms with Crippen molar-refractivity contribution in [1.82, 2.24) is 10.3 Å². The van der Waals surface area contributed by atoms with Crippen molar-refractivity contribution in [3.63, 3.8) is 0 Å². The van der Waals surface area contributed by atoms with Crippen molar-refractivity contribution < 1.29 is 9.59 Å². The lowest BCUT2D eigenvalue weighted by molar-refractivity contribution is -0.120. The van der Waals surface area contributed by atoms with E-state index in [0.717, 1.165) is 0 Å². The quantitative estimate of drug-likeness (QED) is 0.767. The van der Waals surface area contributed by atoms with E-state index >= 15 is 0 Å². The van der Waals surface area contributed by atoms with Crippen LogP contribution in [0.4, 0.5) is 0 Å². The highest BCUT2D eigenvalue weighted by Crippen LogP contribution is 2.03. The molecule has 0 aliphatic carbocycles. The van der Waals surface area contributed by atoms with Crippen LogP contribution in [0.2, 0.25) is 0 Å². The molecule has 5 heteroatoms. The van der Waals surface area contributed by atoms with Crippen molar-refractivity contribution in [2.45, 2.75) is 19.9 Å². The minimum Gasteiger partial charge on any atom is -0.368 e. The van der Waals surface area contributed by atoms with E-state index in [1.54, 1.807) is 12.1 Å². The van der Waals surface area contributed by atoms with Crippen LogP contribution in [0.5, 0.6) is 0 Å². The molecule has 0 aliphatic rings. The summed E-state index contributed by atoms with van der Waals surface area (Å²) in [6.07, 6.45) is 3.03. The summed E-state index contributed by atoms with van der Waals surface area (Å²) in [7, 11) is 0. The van der Waals surface area contributed by atoms with E-state index in [-0.39, 0.29) is 11.8 Å². The Labute approximate surface area is 94.1 Å². The number of carbonyl (C=O) groups excluding carboxylic acids is 2. The van der Waals surface area contributed by atoms with Gasteiger partial charge in [0.05, 0.1) is 0 Å². The van der Waals surface area contributed by atoms with Gasteiger partial charge in [-0.05, 0) is 18.1 Å². The Balaban J connectivity index is 2.74. The van der Waals surface area contributed by atoms with Crippen molar-refractivity contribution in [3.05, 3.63) is 30.1 Å². The van der Waals surface area contributed by atoms with Gasteiger partial charge in [-0.3, -0.25) is 14.6 Å². The smallest absolute Gasteiger partial charge is 0.252 e. The Bertz CT molecular complexity index is 376. The monoisotopic (exact) mass is 221 g/mol. The number of rotatable bonds is 4. The van der Waals surface area contributed by atoms with E-state index < -0.39 is 11.9 Å². The summed E-state index contributed by atoms with van der Waals surface area (Å²) in [6, 6.07) is 2.50. The maximum atomic E-state index is 11.7. The molecule has 0 aromatic carbocycles. The van der Waals surface area contributed by atoms with Crippen LogP contribution in [0, 0.1) is 5.92 Å². The Kier molecular flexibility index (Phi) is 3.99. The zero-order valence-corrected chi connectivity index (χ0v) is 9.31. The van der Waals surface area contributed by atoms with Crippen molar-refractivity contribution in [2.75, 3.05) is 0 Å². The van der Waals surface area contributed by atoms with E-state index in [1.165, 1.54) is 12.4 Å². The molecule has 1 unspecified atom stereocenters. The summed E-state index contributed by atoms with van der Waals surface area (Å²) in [5.74, 6) is -0.888. The minimum atomic E-state index is -0.652. The molecule has 0 radical (unpaired) electrons. The third kappa shape index (κ3) is 3.05. The molecule has 86 valence electrons. The summed E-state index contributed by atoms with van der Waals surface area (Å²) in [5.41, 5.74) is 5.66. The lowest BCUT2D eigenvalue weighted by atomic mass is 10.0. The van der Waals surface area contributed by atoms with Crippen molar-refractivity contribution >= 4 is 11.8 Å². The van der Waals surface area contributed by atoms with Gasteiger partial charge in [0.25, 0.3) is 5.91 Å². The number of amides is 2. The van der Waals surface area contributed by atoms with Crippen molar-refractivity contribution in [3.8, 4) is 0 Å². The molecule has 0 aliphatic heterocycles. The lowest BCUT2D eigenvalue weighted by Gasteiger charge is -2.18. The SMILES string of the molecule is CC(C)C(NC(=O)c1ccncc1)C(N)=O. The fourth-order valence-electron chi connectivity index (χ4n) is 1.29. The molecule has 0 fully saturated rings. The fourth-order valence-corrected chi connectivity index (χ4v) is 1.29. The first-order chi connectivity index (χ1) is 7.52. The normalized spacial score (nSPS) is 12.2. The number of hydrogen-bond donors (Lipinski definition) is 2. The van der Waals surface area contributed by atoms with Gasteiger partial charge in [0.1, 0.15) is 6.04 Å². The largest absolute Gasteiger partial charge is 0.368 e. The molecule has 1 rings (SSSR count). The van der Waals surface area contributed by atoms with Crippen LogP contribution >= 0.6 is 0 Å². The van der Waals surface area contributed by atoms with Crippen LogP contribution in [0.15, 0.2) is 24.5 Å². The molecule has 0 saturated heterocycles. The van der Waals surface area contributed by atoms with Crippen LogP contribution in [0.25, 0.3) is 0 Å². The Morgan fingerprint density at radius 2 is 1.88 bits per heavy atom. The number of nitrogens with zero attached hydrogens (tertiary/aromatic N) is 1. The topological polar surface area (TPSA) is 85.1 Å². The first-order valence-corrected chi connectivity index (χ1v) is 5.02. The second-order valence-electron chi connectivity index (χ2n) is 3.83. The Hall–Kier alpha value is -1.91. The first-order valence-electron chi connectivity index (χ1n) is 5.02. The van der Waals surface area contributed by atoms with Crippen LogP contribution < -0.4 is 11.1 Å². The zero-order chi connectivity index (χ0) is 12.1. The van der Waals surface area contributed by atoms with Gasteiger partial charge in [0.2, 0.25) is 5.91 Å². The summed E-state index contributed by atoms with van der Waals surface area (Å²) in [4.78, 5) is 26.6. The van der Waals surface area contributed by atoms with E-state index in [1.807, 2.05) is 13.8 Å². The number of hydrogen-bond acceptors (Lipinski definition) is 3.